The zero-order valence-corrected chi connectivity index (χ0v) is 16.0. The number of nitrogens with zero attached hydrogens (tertiary/aromatic N) is 2. The Morgan fingerprint density at radius 3 is 2.15 bits per heavy atom. The number of aryl methyl sites for hydroxylation is 1. The lowest BCUT2D eigenvalue weighted by atomic mass is 9.93. The van der Waals surface area contributed by atoms with Gasteiger partial charge in [-0.3, -0.25) is 0 Å². The molecule has 0 saturated heterocycles. The molecule has 1 aromatic heterocycles. The first-order valence-electron chi connectivity index (χ1n) is 9.23. The fourth-order valence-electron chi connectivity index (χ4n) is 3.82. The third kappa shape index (κ3) is 3.03. The molecule has 1 heterocycles. The van der Waals surface area contributed by atoms with Crippen LogP contribution >= 0.6 is 0 Å². The van der Waals surface area contributed by atoms with Gasteiger partial charge in [0.2, 0.25) is 5.75 Å². The first-order valence-corrected chi connectivity index (χ1v) is 9.23. The van der Waals surface area contributed by atoms with Crippen molar-refractivity contribution < 1.29 is 14.2 Å². The lowest BCUT2D eigenvalue weighted by Crippen LogP contribution is -2.02. The molecule has 4 rings (SSSR count). The summed E-state index contributed by atoms with van der Waals surface area (Å²) in [7, 11) is 4.91. The Kier molecular flexibility index (Phi) is 4.75. The summed E-state index contributed by atoms with van der Waals surface area (Å²) < 4.78 is 18.7. The summed E-state index contributed by atoms with van der Waals surface area (Å²) in [6.45, 7) is 0. The van der Waals surface area contributed by atoms with Crippen LogP contribution in [0.1, 0.15) is 24.1 Å². The van der Waals surface area contributed by atoms with Crippen LogP contribution in [0.4, 0.5) is 0 Å². The van der Waals surface area contributed by atoms with Gasteiger partial charge in [-0.15, -0.1) is 0 Å². The maximum atomic E-state index is 5.57. The fraction of sp³-hybridized carbons (Fsp3) is 0.318. The molecule has 140 valence electrons. The zero-order valence-electron chi connectivity index (χ0n) is 16.0. The second-order valence-corrected chi connectivity index (χ2v) is 6.64. The van der Waals surface area contributed by atoms with E-state index in [0.717, 1.165) is 29.8 Å². The summed E-state index contributed by atoms with van der Waals surface area (Å²) in [5, 5.41) is 4.95. The van der Waals surface area contributed by atoms with Crippen molar-refractivity contribution in [1.82, 2.24) is 9.78 Å². The largest absolute Gasteiger partial charge is 0.493 e. The molecular weight excluding hydrogens is 340 g/mol. The Morgan fingerprint density at radius 1 is 0.852 bits per heavy atom. The predicted molar refractivity (Wildman–Crippen MR) is 105 cm³/mol. The van der Waals surface area contributed by atoms with Crippen LogP contribution in [0.25, 0.3) is 16.9 Å². The second-order valence-electron chi connectivity index (χ2n) is 6.64. The summed E-state index contributed by atoms with van der Waals surface area (Å²) >= 11 is 0. The highest BCUT2D eigenvalue weighted by atomic mass is 16.5. The molecule has 0 spiro atoms. The Morgan fingerprint density at radius 2 is 1.52 bits per heavy atom. The van der Waals surface area contributed by atoms with Gasteiger partial charge < -0.3 is 14.2 Å². The van der Waals surface area contributed by atoms with Gasteiger partial charge in [0.1, 0.15) is 0 Å². The van der Waals surface area contributed by atoms with Crippen LogP contribution in [0.5, 0.6) is 17.2 Å². The van der Waals surface area contributed by atoms with Gasteiger partial charge in [0.05, 0.1) is 38.4 Å². The summed E-state index contributed by atoms with van der Waals surface area (Å²) in [4.78, 5) is 0. The third-order valence-electron chi connectivity index (χ3n) is 5.10. The smallest absolute Gasteiger partial charge is 0.203 e. The SMILES string of the molecule is COc1cc(-c2c3c(nn2-c2ccccc2)CCCC3)cc(OC)c1OC. The van der Waals surface area contributed by atoms with Gasteiger partial charge in [-0.1, -0.05) is 18.2 Å². The molecule has 0 N–H and O–H groups in total. The van der Waals surface area contributed by atoms with E-state index in [0.29, 0.717) is 17.2 Å². The molecule has 0 amide bonds. The molecule has 0 saturated carbocycles. The standard InChI is InChI=1S/C22H24N2O3/c1-25-19-13-15(14-20(26-2)22(19)27-3)21-17-11-7-8-12-18(17)23-24(21)16-9-5-4-6-10-16/h4-6,9-10,13-14H,7-8,11-12H2,1-3H3. The van der Waals surface area contributed by atoms with E-state index in [1.165, 1.54) is 24.1 Å². The average molecular weight is 364 g/mol. The van der Waals surface area contributed by atoms with Gasteiger partial charge in [-0.05, 0) is 49.9 Å². The minimum atomic E-state index is 0.600. The number of fused-ring (bicyclic) bond motifs is 1. The monoisotopic (exact) mass is 364 g/mol. The molecule has 2 aromatic carbocycles. The number of hydrogen-bond donors (Lipinski definition) is 0. The fourth-order valence-corrected chi connectivity index (χ4v) is 3.82. The summed E-state index contributed by atoms with van der Waals surface area (Å²) in [6.07, 6.45) is 4.43. The number of para-hydroxylation sites is 1. The second kappa shape index (κ2) is 7.35. The Balaban J connectivity index is 1.97. The van der Waals surface area contributed by atoms with E-state index in [9.17, 15) is 0 Å². The number of ether oxygens (including phenoxy) is 3. The quantitative estimate of drug-likeness (QED) is 0.671. The van der Waals surface area contributed by atoms with Gasteiger partial charge in [-0.25, -0.2) is 4.68 Å². The maximum Gasteiger partial charge on any atom is 0.203 e. The van der Waals surface area contributed by atoms with Crippen molar-refractivity contribution in [1.29, 1.82) is 0 Å². The summed E-state index contributed by atoms with van der Waals surface area (Å²) in [5.41, 5.74) is 5.68. The van der Waals surface area contributed by atoms with Crippen LogP contribution in [0.2, 0.25) is 0 Å². The highest BCUT2D eigenvalue weighted by Crippen LogP contribution is 2.43. The number of rotatable bonds is 5. The summed E-state index contributed by atoms with van der Waals surface area (Å²) in [5.74, 6) is 1.90. The van der Waals surface area contributed by atoms with Gasteiger partial charge >= 0.3 is 0 Å². The van der Waals surface area contributed by atoms with Crippen molar-refractivity contribution in [3.63, 3.8) is 0 Å². The van der Waals surface area contributed by atoms with Crippen LogP contribution in [0.15, 0.2) is 42.5 Å². The first kappa shape index (κ1) is 17.5. The van der Waals surface area contributed by atoms with Gasteiger partial charge in [0, 0.05) is 11.1 Å². The molecule has 0 atom stereocenters. The van der Waals surface area contributed by atoms with E-state index in [4.69, 9.17) is 19.3 Å². The number of aromatic nitrogens is 2. The van der Waals surface area contributed by atoms with E-state index in [1.54, 1.807) is 21.3 Å². The van der Waals surface area contributed by atoms with Crippen LogP contribution in [-0.2, 0) is 12.8 Å². The highest BCUT2D eigenvalue weighted by molar-refractivity contribution is 5.73. The predicted octanol–water partition coefficient (Wildman–Crippen LogP) is 4.44. The van der Waals surface area contributed by atoms with Gasteiger partial charge in [-0.2, -0.15) is 5.10 Å². The summed E-state index contributed by atoms with van der Waals surface area (Å²) in [6, 6.07) is 14.3. The molecule has 1 aliphatic carbocycles. The molecule has 5 nitrogen and oxygen atoms in total. The molecule has 0 aliphatic heterocycles. The van der Waals surface area contributed by atoms with Crippen molar-refractivity contribution in [3.8, 4) is 34.2 Å². The molecule has 0 fully saturated rings. The van der Waals surface area contributed by atoms with Crippen molar-refractivity contribution in [3.05, 3.63) is 53.7 Å². The normalized spacial score (nSPS) is 13.1. The van der Waals surface area contributed by atoms with Crippen molar-refractivity contribution >= 4 is 0 Å². The van der Waals surface area contributed by atoms with E-state index < -0.39 is 0 Å². The minimum Gasteiger partial charge on any atom is -0.493 e. The zero-order chi connectivity index (χ0) is 18.8. The topological polar surface area (TPSA) is 45.5 Å². The highest BCUT2D eigenvalue weighted by Gasteiger charge is 2.24. The molecule has 3 aromatic rings. The number of hydrogen-bond acceptors (Lipinski definition) is 4. The van der Waals surface area contributed by atoms with Gasteiger partial charge in [0.25, 0.3) is 0 Å². The maximum absolute atomic E-state index is 5.57. The Bertz CT molecular complexity index is 923. The first-order chi connectivity index (χ1) is 13.3. The Labute approximate surface area is 159 Å². The van der Waals surface area contributed by atoms with E-state index >= 15 is 0 Å². The number of methoxy groups -OCH3 is 3. The van der Waals surface area contributed by atoms with E-state index in [-0.39, 0.29) is 0 Å². The average Bonchev–Trinajstić information content (AvgIpc) is 3.12. The molecule has 1 aliphatic rings. The van der Waals surface area contributed by atoms with Crippen molar-refractivity contribution in [2.45, 2.75) is 25.7 Å². The van der Waals surface area contributed by atoms with Crippen LogP contribution in [-0.4, -0.2) is 31.1 Å². The molecule has 0 unspecified atom stereocenters. The van der Waals surface area contributed by atoms with Crippen LogP contribution in [0.3, 0.4) is 0 Å². The van der Waals surface area contributed by atoms with Gasteiger partial charge in [0.15, 0.2) is 11.5 Å². The minimum absolute atomic E-state index is 0.600. The third-order valence-corrected chi connectivity index (χ3v) is 5.10. The molecule has 5 heteroatoms. The van der Waals surface area contributed by atoms with E-state index in [2.05, 4.69) is 16.8 Å². The van der Waals surface area contributed by atoms with Crippen LogP contribution in [0, 0.1) is 0 Å². The molecule has 27 heavy (non-hydrogen) atoms. The lowest BCUT2D eigenvalue weighted by molar-refractivity contribution is 0.324. The van der Waals surface area contributed by atoms with E-state index in [1.807, 2.05) is 30.3 Å². The van der Waals surface area contributed by atoms with Crippen molar-refractivity contribution in [2.75, 3.05) is 21.3 Å². The Hall–Kier alpha value is -2.95. The molecule has 0 bridgehead atoms. The number of benzene rings is 2. The molecular formula is C22H24N2O3. The van der Waals surface area contributed by atoms with Crippen LogP contribution < -0.4 is 14.2 Å². The van der Waals surface area contributed by atoms with Crippen molar-refractivity contribution in [2.24, 2.45) is 0 Å². The lowest BCUT2D eigenvalue weighted by Gasteiger charge is -2.17. The molecule has 0 radical (unpaired) electrons.